The zero-order valence-electron chi connectivity index (χ0n) is 16.0. The summed E-state index contributed by atoms with van der Waals surface area (Å²) < 4.78 is 23.6. The van der Waals surface area contributed by atoms with Crippen LogP contribution in [-0.2, 0) is 22.6 Å². The van der Waals surface area contributed by atoms with E-state index < -0.39 is 0 Å². The highest BCUT2D eigenvalue weighted by molar-refractivity contribution is 5.81. The molecular formula is C22H23FN2O4. The van der Waals surface area contributed by atoms with Crippen molar-refractivity contribution in [1.29, 1.82) is 0 Å². The predicted octanol–water partition coefficient (Wildman–Crippen LogP) is 2.65. The molecule has 7 heteroatoms. The Hall–Kier alpha value is -3.09. The monoisotopic (exact) mass is 398 g/mol. The van der Waals surface area contributed by atoms with Gasteiger partial charge in [0.25, 0.3) is 0 Å². The van der Waals surface area contributed by atoms with Crippen molar-refractivity contribution in [2.45, 2.75) is 25.8 Å². The van der Waals surface area contributed by atoms with Crippen molar-refractivity contribution in [1.82, 2.24) is 10.2 Å². The molecular weight excluding hydrogens is 375 g/mol. The van der Waals surface area contributed by atoms with Gasteiger partial charge in [0.2, 0.25) is 18.6 Å². The number of hydrogen-bond acceptors (Lipinski definition) is 4. The molecule has 0 aromatic heterocycles. The molecule has 0 bridgehead atoms. The summed E-state index contributed by atoms with van der Waals surface area (Å²) in [6.07, 6.45) is 1.53. The normalized spacial score (nSPS) is 16.0. The summed E-state index contributed by atoms with van der Waals surface area (Å²) in [6.45, 7) is 1.77. The molecule has 2 aromatic carbocycles. The molecule has 0 spiro atoms. The maximum absolute atomic E-state index is 13.0. The number of amides is 2. The second-order valence-corrected chi connectivity index (χ2v) is 7.36. The molecule has 2 aliphatic rings. The fraction of sp³-hybridized carbons (Fsp3) is 0.364. The molecule has 0 radical (unpaired) electrons. The zero-order valence-corrected chi connectivity index (χ0v) is 16.0. The van der Waals surface area contributed by atoms with Gasteiger partial charge in [-0.05, 0) is 48.2 Å². The number of ether oxygens (including phenoxy) is 2. The highest BCUT2D eigenvalue weighted by Gasteiger charge is 2.27. The minimum atomic E-state index is -0.311. The lowest BCUT2D eigenvalue weighted by Crippen LogP contribution is -2.43. The number of nitrogens with zero attached hydrogens (tertiary/aromatic N) is 1. The lowest BCUT2D eigenvalue weighted by Gasteiger charge is -2.31. The Morgan fingerprint density at radius 3 is 2.45 bits per heavy atom. The number of carbonyl (C=O) groups is 2. The van der Waals surface area contributed by atoms with Gasteiger partial charge in [-0.3, -0.25) is 9.59 Å². The molecule has 0 unspecified atom stereocenters. The van der Waals surface area contributed by atoms with Crippen molar-refractivity contribution in [3.8, 4) is 11.5 Å². The zero-order chi connectivity index (χ0) is 20.2. The van der Waals surface area contributed by atoms with E-state index in [9.17, 15) is 14.0 Å². The van der Waals surface area contributed by atoms with Gasteiger partial charge in [0.15, 0.2) is 11.5 Å². The van der Waals surface area contributed by atoms with Gasteiger partial charge < -0.3 is 19.7 Å². The first kappa shape index (κ1) is 19.2. The van der Waals surface area contributed by atoms with Crippen molar-refractivity contribution in [3.05, 3.63) is 59.4 Å². The van der Waals surface area contributed by atoms with Crippen LogP contribution in [0.3, 0.4) is 0 Å². The molecule has 2 amide bonds. The largest absolute Gasteiger partial charge is 0.454 e. The van der Waals surface area contributed by atoms with E-state index in [0.29, 0.717) is 38.2 Å². The van der Waals surface area contributed by atoms with Crippen molar-refractivity contribution < 1.29 is 23.5 Å². The van der Waals surface area contributed by atoms with Crippen LogP contribution >= 0.6 is 0 Å². The Bertz CT molecular complexity index is 892. The van der Waals surface area contributed by atoms with Gasteiger partial charge in [0.05, 0.1) is 6.42 Å². The Labute approximate surface area is 168 Å². The van der Waals surface area contributed by atoms with Crippen LogP contribution in [0.2, 0.25) is 0 Å². The molecule has 1 fully saturated rings. The van der Waals surface area contributed by atoms with Gasteiger partial charge in [-0.25, -0.2) is 4.39 Å². The Morgan fingerprint density at radius 2 is 1.69 bits per heavy atom. The SMILES string of the molecule is O=C(NCc1ccc2c(c1)OCO2)C1CCN(C(=O)Cc2ccc(F)cc2)CC1. The van der Waals surface area contributed by atoms with Crippen LogP contribution in [0.15, 0.2) is 42.5 Å². The van der Waals surface area contributed by atoms with E-state index in [2.05, 4.69) is 5.32 Å². The highest BCUT2D eigenvalue weighted by Crippen LogP contribution is 2.32. The number of halogens is 1. The van der Waals surface area contributed by atoms with Gasteiger partial charge in [-0.1, -0.05) is 18.2 Å². The molecule has 152 valence electrons. The molecule has 2 aromatic rings. The fourth-order valence-electron chi connectivity index (χ4n) is 3.66. The third-order valence-corrected chi connectivity index (χ3v) is 5.39. The summed E-state index contributed by atoms with van der Waals surface area (Å²) in [7, 11) is 0. The summed E-state index contributed by atoms with van der Waals surface area (Å²) in [5, 5.41) is 2.97. The van der Waals surface area contributed by atoms with Crippen molar-refractivity contribution >= 4 is 11.8 Å². The quantitative estimate of drug-likeness (QED) is 0.841. The van der Waals surface area contributed by atoms with Crippen LogP contribution in [0.4, 0.5) is 4.39 Å². The predicted molar refractivity (Wildman–Crippen MR) is 104 cm³/mol. The number of piperidine rings is 1. The first-order chi connectivity index (χ1) is 14.1. The molecule has 0 atom stereocenters. The van der Waals surface area contributed by atoms with Crippen molar-refractivity contribution in [3.63, 3.8) is 0 Å². The first-order valence-corrected chi connectivity index (χ1v) is 9.77. The third kappa shape index (κ3) is 4.67. The molecule has 2 aliphatic heterocycles. The van der Waals surface area contributed by atoms with Crippen LogP contribution < -0.4 is 14.8 Å². The van der Waals surface area contributed by atoms with E-state index in [1.54, 1.807) is 17.0 Å². The first-order valence-electron chi connectivity index (χ1n) is 9.77. The number of benzene rings is 2. The highest BCUT2D eigenvalue weighted by atomic mass is 19.1. The molecule has 4 rings (SSSR count). The fourth-order valence-corrected chi connectivity index (χ4v) is 3.66. The van der Waals surface area contributed by atoms with Crippen LogP contribution in [-0.4, -0.2) is 36.6 Å². The second-order valence-electron chi connectivity index (χ2n) is 7.36. The average Bonchev–Trinajstić information content (AvgIpc) is 3.21. The van der Waals surface area contributed by atoms with Crippen LogP contribution in [0, 0.1) is 11.7 Å². The summed E-state index contributed by atoms with van der Waals surface area (Å²) in [6, 6.07) is 11.6. The standard InChI is InChI=1S/C22H23FN2O4/c23-18-4-1-15(2-5-18)12-21(26)25-9-7-17(8-10-25)22(27)24-13-16-3-6-19-20(11-16)29-14-28-19/h1-6,11,17H,7-10,12-14H2,(H,24,27). The maximum Gasteiger partial charge on any atom is 0.231 e. The third-order valence-electron chi connectivity index (χ3n) is 5.39. The molecule has 6 nitrogen and oxygen atoms in total. The minimum Gasteiger partial charge on any atom is -0.454 e. The van der Waals surface area contributed by atoms with E-state index in [-0.39, 0.29) is 36.8 Å². The van der Waals surface area contributed by atoms with Crippen molar-refractivity contribution in [2.24, 2.45) is 5.92 Å². The van der Waals surface area contributed by atoms with Gasteiger partial charge in [0.1, 0.15) is 5.82 Å². The van der Waals surface area contributed by atoms with E-state index >= 15 is 0 Å². The molecule has 0 saturated carbocycles. The number of hydrogen-bond donors (Lipinski definition) is 1. The molecule has 2 heterocycles. The topological polar surface area (TPSA) is 67.9 Å². The lowest BCUT2D eigenvalue weighted by atomic mass is 9.95. The smallest absolute Gasteiger partial charge is 0.231 e. The summed E-state index contributed by atoms with van der Waals surface area (Å²) in [5.74, 6) is 1.03. The molecule has 29 heavy (non-hydrogen) atoms. The van der Waals surface area contributed by atoms with Crippen LogP contribution in [0.5, 0.6) is 11.5 Å². The Morgan fingerprint density at radius 1 is 1.00 bits per heavy atom. The van der Waals surface area contributed by atoms with E-state index in [0.717, 1.165) is 16.9 Å². The maximum atomic E-state index is 13.0. The average molecular weight is 398 g/mol. The number of fused-ring (bicyclic) bond motifs is 1. The summed E-state index contributed by atoms with van der Waals surface area (Å²) in [5.41, 5.74) is 1.74. The Balaban J connectivity index is 1.23. The number of nitrogens with one attached hydrogen (secondary N) is 1. The van der Waals surface area contributed by atoms with Gasteiger partial charge in [-0.2, -0.15) is 0 Å². The van der Waals surface area contributed by atoms with Gasteiger partial charge >= 0.3 is 0 Å². The van der Waals surface area contributed by atoms with E-state index in [1.165, 1.54) is 12.1 Å². The van der Waals surface area contributed by atoms with Gasteiger partial charge in [0, 0.05) is 25.6 Å². The van der Waals surface area contributed by atoms with Crippen molar-refractivity contribution in [2.75, 3.05) is 19.9 Å². The molecule has 1 saturated heterocycles. The number of likely N-dealkylation sites (tertiary alicyclic amines) is 1. The van der Waals surface area contributed by atoms with Crippen LogP contribution in [0.25, 0.3) is 0 Å². The second kappa shape index (κ2) is 8.51. The molecule has 0 aliphatic carbocycles. The number of rotatable bonds is 5. The van der Waals surface area contributed by atoms with E-state index in [1.807, 2.05) is 18.2 Å². The number of carbonyl (C=O) groups excluding carboxylic acids is 2. The van der Waals surface area contributed by atoms with E-state index in [4.69, 9.17) is 9.47 Å². The summed E-state index contributed by atoms with van der Waals surface area (Å²) >= 11 is 0. The lowest BCUT2D eigenvalue weighted by molar-refractivity contribution is -0.135. The van der Waals surface area contributed by atoms with Crippen LogP contribution in [0.1, 0.15) is 24.0 Å². The Kier molecular flexibility index (Phi) is 5.64. The minimum absolute atomic E-state index is 0.00769. The van der Waals surface area contributed by atoms with Gasteiger partial charge in [-0.15, -0.1) is 0 Å². The summed E-state index contributed by atoms with van der Waals surface area (Å²) in [4.78, 5) is 26.7. The molecule has 1 N–H and O–H groups in total.